The average molecular weight is 480 g/mol. The fourth-order valence-electron chi connectivity index (χ4n) is 5.56. The first-order chi connectivity index (χ1) is 16.8. The molecule has 0 atom stereocenters. The number of nitrogens with one attached hydrogen (secondary N) is 1. The number of esters is 2. The van der Waals surface area contributed by atoms with Gasteiger partial charge in [-0.2, -0.15) is 0 Å². The Bertz CT molecular complexity index is 1100. The molecule has 1 saturated carbocycles. The highest BCUT2D eigenvalue weighted by Gasteiger charge is 2.66. The number of quaternary nitrogens is 1. The first-order valence-electron chi connectivity index (χ1n) is 12.4. The minimum atomic E-state index is -0.684. The number of likely N-dealkylation sites (tertiary alicyclic amines) is 1. The van der Waals surface area contributed by atoms with Crippen LogP contribution in [0.5, 0.6) is 0 Å². The summed E-state index contributed by atoms with van der Waals surface area (Å²) in [6.07, 6.45) is 4.46. The molecule has 1 N–H and O–H groups in total. The SMILES string of the molecule is COC(=O)c1cc(C)cc(C)c1NC(=O)C1([N+]2(CC(=O)OCc3ccccc3)CCCCC2)CC1. The molecule has 0 spiro atoms. The van der Waals surface area contributed by atoms with Crippen LogP contribution in [0.4, 0.5) is 5.69 Å². The zero-order valence-electron chi connectivity index (χ0n) is 20.9. The van der Waals surface area contributed by atoms with E-state index in [9.17, 15) is 14.4 Å². The van der Waals surface area contributed by atoms with Crippen molar-refractivity contribution in [1.29, 1.82) is 0 Å². The molecule has 7 nitrogen and oxygen atoms in total. The van der Waals surface area contributed by atoms with Crippen LogP contribution >= 0.6 is 0 Å². The van der Waals surface area contributed by atoms with Gasteiger partial charge in [-0.25, -0.2) is 9.59 Å². The van der Waals surface area contributed by atoms with Crippen molar-refractivity contribution in [3.05, 3.63) is 64.7 Å². The standard InChI is InChI=1S/C28H34N2O5/c1-20-16-21(2)25(23(17-20)26(32)34-3)29-27(33)28(12-13-28)30(14-8-5-9-15-30)18-24(31)35-19-22-10-6-4-7-11-22/h4,6-7,10-11,16-17H,5,8-9,12-15,18-19H2,1-3H3/p+1. The van der Waals surface area contributed by atoms with Gasteiger partial charge in [-0.05, 0) is 55.9 Å². The topological polar surface area (TPSA) is 81.7 Å². The van der Waals surface area contributed by atoms with Crippen LogP contribution in [0.3, 0.4) is 0 Å². The quantitative estimate of drug-likeness (QED) is 0.451. The van der Waals surface area contributed by atoms with Gasteiger partial charge in [0.25, 0.3) is 5.91 Å². The normalized spacial score (nSPS) is 17.8. The third-order valence-electron chi connectivity index (χ3n) is 7.52. The Morgan fingerprint density at radius 1 is 1.00 bits per heavy atom. The lowest BCUT2D eigenvalue weighted by molar-refractivity contribution is -0.950. The molecule has 2 aromatic carbocycles. The highest BCUT2D eigenvalue weighted by molar-refractivity contribution is 6.06. The van der Waals surface area contributed by atoms with Crippen LogP contribution in [0.1, 0.15) is 59.2 Å². The largest absolute Gasteiger partial charge is 0.465 e. The van der Waals surface area contributed by atoms with Crippen LogP contribution in [0.25, 0.3) is 0 Å². The lowest BCUT2D eigenvalue weighted by atomic mass is 9.99. The number of anilines is 1. The van der Waals surface area contributed by atoms with Crippen molar-refractivity contribution in [2.75, 3.05) is 32.1 Å². The monoisotopic (exact) mass is 479 g/mol. The molecule has 1 aliphatic heterocycles. The number of carbonyl (C=O) groups is 3. The molecule has 2 fully saturated rings. The van der Waals surface area contributed by atoms with E-state index in [-0.39, 0.29) is 25.0 Å². The van der Waals surface area contributed by atoms with Gasteiger partial charge < -0.3 is 19.3 Å². The Balaban J connectivity index is 1.56. The van der Waals surface area contributed by atoms with Gasteiger partial charge >= 0.3 is 11.9 Å². The Morgan fingerprint density at radius 3 is 2.31 bits per heavy atom. The number of benzene rings is 2. The molecule has 1 saturated heterocycles. The van der Waals surface area contributed by atoms with Crippen LogP contribution in [0, 0.1) is 13.8 Å². The summed E-state index contributed by atoms with van der Waals surface area (Å²) in [6, 6.07) is 13.3. The van der Waals surface area contributed by atoms with Crippen molar-refractivity contribution >= 4 is 23.5 Å². The van der Waals surface area contributed by atoms with E-state index >= 15 is 0 Å². The highest BCUT2D eigenvalue weighted by atomic mass is 16.5. The predicted molar refractivity (Wildman–Crippen MR) is 133 cm³/mol. The second-order valence-electron chi connectivity index (χ2n) is 9.94. The summed E-state index contributed by atoms with van der Waals surface area (Å²) < 4.78 is 11.0. The second-order valence-corrected chi connectivity index (χ2v) is 9.94. The lowest BCUT2D eigenvalue weighted by Gasteiger charge is -2.46. The molecule has 1 aliphatic carbocycles. The molecule has 0 radical (unpaired) electrons. The Morgan fingerprint density at radius 2 is 1.69 bits per heavy atom. The molecule has 4 rings (SSSR count). The van der Waals surface area contributed by atoms with E-state index in [0.29, 0.717) is 28.6 Å². The molecule has 2 aliphatic rings. The van der Waals surface area contributed by atoms with E-state index in [1.165, 1.54) is 7.11 Å². The number of piperidine rings is 1. The maximum absolute atomic E-state index is 13.8. The smallest absolute Gasteiger partial charge is 0.362 e. The number of nitrogens with zero attached hydrogens (tertiary/aromatic N) is 1. The molecular weight excluding hydrogens is 444 g/mol. The molecular formula is C28H35N2O5+. The average Bonchev–Trinajstić information content (AvgIpc) is 3.68. The van der Waals surface area contributed by atoms with E-state index in [1.54, 1.807) is 6.07 Å². The number of carbonyl (C=O) groups excluding carboxylic acids is 3. The van der Waals surface area contributed by atoms with E-state index in [2.05, 4.69) is 5.32 Å². The van der Waals surface area contributed by atoms with Crippen LogP contribution in [0.2, 0.25) is 0 Å². The van der Waals surface area contributed by atoms with Gasteiger partial charge in [0.2, 0.25) is 0 Å². The summed E-state index contributed by atoms with van der Waals surface area (Å²) in [7, 11) is 1.34. The summed E-state index contributed by atoms with van der Waals surface area (Å²) in [5.74, 6) is -0.896. The first-order valence-corrected chi connectivity index (χ1v) is 12.4. The van der Waals surface area contributed by atoms with Crippen molar-refractivity contribution < 1.29 is 28.3 Å². The van der Waals surface area contributed by atoms with Crippen LogP contribution in [0.15, 0.2) is 42.5 Å². The van der Waals surface area contributed by atoms with E-state index in [0.717, 1.165) is 49.0 Å². The number of rotatable bonds is 8. The van der Waals surface area contributed by atoms with Crippen molar-refractivity contribution in [2.45, 2.75) is 58.1 Å². The number of aryl methyl sites for hydroxylation is 2. The maximum Gasteiger partial charge on any atom is 0.362 e. The van der Waals surface area contributed by atoms with Crippen molar-refractivity contribution in [2.24, 2.45) is 0 Å². The Kier molecular flexibility index (Phi) is 7.26. The number of hydrogen-bond donors (Lipinski definition) is 1. The van der Waals surface area contributed by atoms with Crippen molar-refractivity contribution in [3.63, 3.8) is 0 Å². The summed E-state index contributed by atoms with van der Waals surface area (Å²) in [5.41, 5.74) is 2.82. The van der Waals surface area contributed by atoms with Crippen LogP contribution in [-0.2, 0) is 25.7 Å². The number of methoxy groups -OCH3 is 1. The molecule has 7 heteroatoms. The van der Waals surface area contributed by atoms with Crippen molar-refractivity contribution in [1.82, 2.24) is 0 Å². The number of amides is 1. The highest BCUT2D eigenvalue weighted by Crippen LogP contribution is 2.50. The lowest BCUT2D eigenvalue weighted by Crippen LogP contribution is -2.66. The van der Waals surface area contributed by atoms with Crippen LogP contribution in [-0.4, -0.2) is 54.6 Å². The van der Waals surface area contributed by atoms with E-state index in [1.807, 2.05) is 50.2 Å². The molecule has 186 valence electrons. The minimum absolute atomic E-state index is 0.132. The van der Waals surface area contributed by atoms with E-state index in [4.69, 9.17) is 9.47 Å². The molecule has 35 heavy (non-hydrogen) atoms. The minimum Gasteiger partial charge on any atom is -0.465 e. The van der Waals surface area contributed by atoms with Gasteiger partial charge in [-0.15, -0.1) is 0 Å². The molecule has 2 aromatic rings. The number of ether oxygens (including phenoxy) is 2. The number of hydrogen-bond acceptors (Lipinski definition) is 5. The fraction of sp³-hybridized carbons (Fsp3) is 0.464. The third kappa shape index (κ3) is 5.10. The molecule has 1 heterocycles. The predicted octanol–water partition coefficient (Wildman–Crippen LogP) is 4.31. The first kappa shape index (κ1) is 24.9. The molecule has 0 unspecified atom stereocenters. The fourth-order valence-corrected chi connectivity index (χ4v) is 5.56. The summed E-state index contributed by atoms with van der Waals surface area (Å²) >= 11 is 0. The summed E-state index contributed by atoms with van der Waals surface area (Å²) in [5, 5.41) is 3.07. The van der Waals surface area contributed by atoms with E-state index < -0.39 is 11.5 Å². The Labute approximate surface area is 207 Å². The van der Waals surface area contributed by atoms with Gasteiger partial charge in [-0.1, -0.05) is 36.4 Å². The maximum atomic E-state index is 13.8. The molecule has 0 bridgehead atoms. The van der Waals surface area contributed by atoms with Gasteiger partial charge in [0.05, 0.1) is 31.5 Å². The second kappa shape index (κ2) is 10.2. The molecule has 0 aromatic heterocycles. The third-order valence-corrected chi connectivity index (χ3v) is 7.52. The van der Waals surface area contributed by atoms with Gasteiger partial charge in [0, 0.05) is 12.8 Å². The van der Waals surface area contributed by atoms with Crippen molar-refractivity contribution in [3.8, 4) is 0 Å². The molecule has 1 amide bonds. The zero-order valence-corrected chi connectivity index (χ0v) is 20.9. The summed E-state index contributed by atoms with van der Waals surface area (Å²) in [6.45, 7) is 5.72. The van der Waals surface area contributed by atoms with Gasteiger partial charge in [0.15, 0.2) is 12.1 Å². The van der Waals surface area contributed by atoms with Crippen LogP contribution < -0.4 is 5.32 Å². The Hall–Kier alpha value is -3.19. The van der Waals surface area contributed by atoms with Gasteiger partial charge in [0.1, 0.15) is 6.61 Å². The van der Waals surface area contributed by atoms with Gasteiger partial charge in [-0.3, -0.25) is 4.79 Å². The zero-order chi connectivity index (χ0) is 25.1. The summed E-state index contributed by atoms with van der Waals surface area (Å²) in [4.78, 5) is 39.3.